The predicted molar refractivity (Wildman–Crippen MR) is 266 cm³/mol. The highest BCUT2D eigenvalue weighted by molar-refractivity contribution is 7.13. The molecule has 2 aliphatic rings. The number of hydrogen-bond donors (Lipinski definition) is 5. The van der Waals surface area contributed by atoms with Crippen LogP contribution in [0.1, 0.15) is 80.1 Å². The van der Waals surface area contributed by atoms with Crippen LogP contribution in [0.15, 0.2) is 78.6 Å². The number of hydrogen-bond acceptors (Lipinski definition) is 13. The first-order valence-corrected chi connectivity index (χ1v) is 24.6. The number of ether oxygens (including phenoxy) is 1. The topological polar surface area (TPSA) is 210 Å². The van der Waals surface area contributed by atoms with E-state index in [1.54, 1.807) is 40.3 Å². The maximum Gasteiger partial charge on any atom is 0.272 e. The number of β-amino-alcohol motifs (C(OH)–C–C–N with tert-alkyl or cyclic N) is 1. The third-order valence-electron chi connectivity index (χ3n) is 12.5. The number of thiazole rings is 1. The number of carbonyl (C=O) groups is 3. The Hall–Kier alpha value is -5.94. The average Bonchev–Trinajstić information content (AvgIpc) is 4.15. The molecule has 2 fully saturated rings. The summed E-state index contributed by atoms with van der Waals surface area (Å²) in [6, 6.07) is 16.9. The summed E-state index contributed by atoms with van der Waals surface area (Å²) in [5.74, 6) is -0.852. The minimum Gasteiger partial charge on any atom is -0.391 e. The maximum absolute atomic E-state index is 14.2. The summed E-state index contributed by atoms with van der Waals surface area (Å²) in [5, 5.41) is 41.5. The Labute approximate surface area is 412 Å². The molecule has 2 aromatic carbocycles. The molecule has 2 aliphatic heterocycles. The first-order valence-electron chi connectivity index (χ1n) is 23.3. The number of nitriles is 1. The third kappa shape index (κ3) is 13.2. The SMILES string of the molecule is C=C(COCCN1CCN(Cc2cc(C(=O)N[C@@H](C)Cn3ccc(-c4ccc(C#N)c(Cl)c4)n3)n[nH]2)CC1)N[C@H](C(=O)N1C[C@H](O)C[C@H]1C(=O)N[C@@H](C)c1ccc(-c2scnc2C)cc1)C(C)(C)C. The molecule has 366 valence electrons. The number of aliphatic hydroxyl groups is 1. The molecule has 0 unspecified atom stereocenters. The number of rotatable bonds is 19. The van der Waals surface area contributed by atoms with Gasteiger partial charge < -0.3 is 30.7 Å². The fourth-order valence-electron chi connectivity index (χ4n) is 8.63. The van der Waals surface area contributed by atoms with Crippen LogP contribution in [0.2, 0.25) is 5.02 Å². The quantitative estimate of drug-likeness (QED) is 0.0647. The number of carbonyl (C=O) groups excluding carboxylic acids is 3. The monoisotopic (exact) mass is 978 g/mol. The van der Waals surface area contributed by atoms with Gasteiger partial charge in [0.2, 0.25) is 11.8 Å². The highest BCUT2D eigenvalue weighted by atomic mass is 35.5. The van der Waals surface area contributed by atoms with Crippen molar-refractivity contribution in [3.63, 3.8) is 0 Å². The molecule has 5 N–H and O–H groups in total. The van der Waals surface area contributed by atoms with E-state index in [0.717, 1.165) is 65.7 Å². The van der Waals surface area contributed by atoms with E-state index >= 15 is 0 Å². The first kappa shape index (κ1) is 50.9. The second-order valence-electron chi connectivity index (χ2n) is 19.1. The van der Waals surface area contributed by atoms with E-state index in [2.05, 4.69) is 58.7 Å². The Morgan fingerprint density at radius 3 is 2.43 bits per heavy atom. The van der Waals surface area contributed by atoms with Gasteiger partial charge in [-0.15, -0.1) is 11.3 Å². The zero-order chi connectivity index (χ0) is 49.4. The molecule has 5 heterocycles. The lowest BCUT2D eigenvalue weighted by Crippen LogP contribution is -2.56. The van der Waals surface area contributed by atoms with Crippen LogP contribution in [0.25, 0.3) is 21.7 Å². The molecule has 5 atom stereocenters. The number of H-pyrrole nitrogens is 1. The molecule has 0 radical (unpaired) electrons. The fourth-order valence-corrected chi connectivity index (χ4v) is 9.66. The van der Waals surface area contributed by atoms with Crippen LogP contribution in [0, 0.1) is 23.7 Å². The molecule has 3 aromatic heterocycles. The zero-order valence-electron chi connectivity index (χ0n) is 40.2. The van der Waals surface area contributed by atoms with Crippen molar-refractivity contribution in [2.24, 2.45) is 5.41 Å². The van der Waals surface area contributed by atoms with Crippen molar-refractivity contribution in [1.29, 1.82) is 5.26 Å². The molecule has 0 bridgehead atoms. The molecular formula is C50H63ClN12O5S. The molecule has 7 rings (SSSR count). The average molecular weight is 980 g/mol. The smallest absolute Gasteiger partial charge is 0.272 e. The van der Waals surface area contributed by atoms with Crippen molar-refractivity contribution in [2.75, 3.05) is 52.5 Å². The Kier molecular flexibility index (Phi) is 16.7. The lowest BCUT2D eigenvalue weighted by molar-refractivity contribution is -0.142. The second-order valence-corrected chi connectivity index (χ2v) is 20.4. The van der Waals surface area contributed by atoms with E-state index in [1.165, 1.54) is 4.90 Å². The highest BCUT2D eigenvalue weighted by Gasteiger charge is 2.44. The number of aryl methyl sites for hydroxylation is 1. The number of likely N-dealkylation sites (tertiary alicyclic amines) is 1. The maximum atomic E-state index is 14.2. The van der Waals surface area contributed by atoms with Gasteiger partial charge in [-0.25, -0.2) is 4.98 Å². The van der Waals surface area contributed by atoms with E-state index in [-0.39, 0.29) is 49.4 Å². The molecule has 2 saturated heterocycles. The van der Waals surface area contributed by atoms with Crippen LogP contribution >= 0.6 is 22.9 Å². The van der Waals surface area contributed by atoms with Crippen LogP contribution in [-0.2, 0) is 27.4 Å². The van der Waals surface area contributed by atoms with Crippen LogP contribution < -0.4 is 16.0 Å². The number of nitrogens with zero attached hydrogens (tertiary/aromatic N) is 8. The number of aliphatic hydroxyl groups excluding tert-OH is 1. The molecule has 17 nitrogen and oxygen atoms in total. The number of nitrogens with one attached hydrogen (secondary N) is 4. The Bertz CT molecular complexity index is 2630. The Morgan fingerprint density at radius 1 is 1.03 bits per heavy atom. The van der Waals surface area contributed by atoms with E-state index in [4.69, 9.17) is 21.6 Å². The van der Waals surface area contributed by atoms with Crippen molar-refractivity contribution in [3.8, 4) is 27.8 Å². The van der Waals surface area contributed by atoms with E-state index < -0.39 is 23.6 Å². The first-order chi connectivity index (χ1) is 32.9. The van der Waals surface area contributed by atoms with Crippen molar-refractivity contribution in [1.82, 2.24) is 55.6 Å². The summed E-state index contributed by atoms with van der Waals surface area (Å²) in [6.45, 7) is 21.8. The molecule has 3 amide bonds. The zero-order valence-corrected chi connectivity index (χ0v) is 41.7. The van der Waals surface area contributed by atoms with Crippen molar-refractivity contribution in [3.05, 3.63) is 112 Å². The summed E-state index contributed by atoms with van der Waals surface area (Å²) in [5.41, 5.74) is 7.93. The number of benzene rings is 2. The van der Waals surface area contributed by atoms with Gasteiger partial charge >= 0.3 is 0 Å². The van der Waals surface area contributed by atoms with Gasteiger partial charge in [-0.2, -0.15) is 15.5 Å². The lowest BCUT2D eigenvalue weighted by atomic mass is 9.85. The summed E-state index contributed by atoms with van der Waals surface area (Å²) in [6.07, 6.45) is 1.18. The summed E-state index contributed by atoms with van der Waals surface area (Å²) >= 11 is 7.80. The van der Waals surface area contributed by atoms with Crippen LogP contribution in [-0.4, -0.2) is 139 Å². The standard InChI is InChI=1S/C50H63ClN12O5S/c1-31(26-62-15-14-42(59-62)37-12-13-38(25-52)41(51)22-37)55-47(65)43-23-39(57-58-43)27-61-18-16-60(17-19-61)20-21-68-29-32(2)54-46(50(5,6)7)49(67)63-28-40(64)24-44(63)48(66)56-33(3)35-8-10-36(11-9-35)45-34(4)53-30-69-45/h8-15,22-23,30-31,33,40,44,46,54,64H,2,16-21,24,26-29H2,1,3-7H3,(H,55,65)(H,56,66)(H,57,58)/t31-,33-,40+,44-,46+/m0/s1. The van der Waals surface area contributed by atoms with Crippen LogP contribution in [0.3, 0.4) is 0 Å². The van der Waals surface area contributed by atoms with Crippen LogP contribution in [0.5, 0.6) is 0 Å². The van der Waals surface area contributed by atoms with Gasteiger partial charge in [0.1, 0.15) is 23.8 Å². The van der Waals surface area contributed by atoms with Crippen molar-refractivity contribution < 1.29 is 24.2 Å². The summed E-state index contributed by atoms with van der Waals surface area (Å²) < 4.78 is 7.79. The van der Waals surface area contributed by atoms with Gasteiger partial charge in [0.15, 0.2) is 0 Å². The van der Waals surface area contributed by atoms with Gasteiger partial charge in [0.05, 0.1) is 70.0 Å². The molecule has 0 aliphatic carbocycles. The second kappa shape index (κ2) is 22.7. The molecule has 0 spiro atoms. The Balaban J connectivity index is 0.804. The van der Waals surface area contributed by atoms with Gasteiger partial charge in [0, 0.05) is 75.7 Å². The predicted octanol–water partition coefficient (Wildman–Crippen LogP) is 5.54. The minimum atomic E-state index is -0.817. The normalized spacial score (nSPS) is 18.0. The minimum absolute atomic E-state index is 0.0644. The number of aromatic nitrogens is 5. The molecule has 0 saturated carbocycles. The van der Waals surface area contributed by atoms with Gasteiger partial charge in [-0.3, -0.25) is 34.0 Å². The number of aromatic amines is 1. The van der Waals surface area contributed by atoms with Gasteiger partial charge in [-0.05, 0) is 61.6 Å². The van der Waals surface area contributed by atoms with E-state index in [1.807, 2.05) is 83.6 Å². The molecule has 69 heavy (non-hydrogen) atoms. The lowest BCUT2D eigenvalue weighted by Gasteiger charge is -2.36. The Morgan fingerprint density at radius 2 is 1.75 bits per heavy atom. The number of piperazine rings is 1. The molecule has 19 heteroatoms. The highest BCUT2D eigenvalue weighted by Crippen LogP contribution is 2.30. The summed E-state index contributed by atoms with van der Waals surface area (Å²) in [7, 11) is 0. The molecule has 5 aromatic rings. The largest absolute Gasteiger partial charge is 0.391 e. The molecular weight excluding hydrogens is 916 g/mol. The summed E-state index contributed by atoms with van der Waals surface area (Å²) in [4.78, 5) is 52.6. The number of amides is 3. The van der Waals surface area contributed by atoms with E-state index in [0.29, 0.717) is 47.4 Å². The fraction of sp³-hybridized carbons (Fsp3) is 0.460. The van der Waals surface area contributed by atoms with Gasteiger partial charge in [-0.1, -0.05) is 69.3 Å². The van der Waals surface area contributed by atoms with E-state index in [9.17, 15) is 19.5 Å². The van der Waals surface area contributed by atoms with Crippen molar-refractivity contribution in [2.45, 2.75) is 91.3 Å². The van der Waals surface area contributed by atoms with Crippen molar-refractivity contribution >= 4 is 40.7 Å². The third-order valence-corrected chi connectivity index (χ3v) is 13.8. The van der Waals surface area contributed by atoms with Gasteiger partial charge in [0.25, 0.3) is 5.91 Å². The van der Waals surface area contributed by atoms with Crippen LogP contribution in [0.4, 0.5) is 0 Å². The number of halogens is 1.